The number of benzene rings is 1. The molecule has 0 N–H and O–H groups in total. The van der Waals surface area contributed by atoms with E-state index in [0.717, 1.165) is 38.3 Å². The van der Waals surface area contributed by atoms with E-state index in [1.165, 1.54) is 12.1 Å². The van der Waals surface area contributed by atoms with E-state index in [1.807, 2.05) is 39.5 Å². The minimum absolute atomic E-state index is 0.129. The van der Waals surface area contributed by atoms with E-state index < -0.39 is 11.7 Å². The van der Waals surface area contributed by atoms with Gasteiger partial charge in [0.25, 0.3) is 0 Å². The molecular weight excluding hydrogens is 435 g/mol. The summed E-state index contributed by atoms with van der Waals surface area (Å²) in [5.41, 5.74) is -0.492. The zero-order valence-corrected chi connectivity index (χ0v) is 19.8. The molecule has 0 spiro atoms. The molecule has 1 aromatic heterocycles. The summed E-state index contributed by atoms with van der Waals surface area (Å²) in [6.07, 6.45) is -4.43. The van der Waals surface area contributed by atoms with Crippen LogP contribution in [-0.4, -0.2) is 75.6 Å². The third-order valence-electron chi connectivity index (χ3n) is 5.96. The average molecular weight is 468 g/mol. The third-order valence-corrected chi connectivity index (χ3v) is 5.96. The standard InChI is InChI=1S/C23H32F3N5O2/c1-15(2)31(16(3)4)20(32)14-29-9-11-30(12-10-29)17(5)22-27-21(28-33-22)18-7-6-8-19(13-18)23(24,25)26/h6-8,13,15-17H,9-12,14H2,1-5H3. The highest BCUT2D eigenvalue weighted by Gasteiger charge is 2.31. The molecule has 2 heterocycles. The van der Waals surface area contributed by atoms with Crippen LogP contribution in [-0.2, 0) is 11.0 Å². The highest BCUT2D eigenvalue weighted by molar-refractivity contribution is 5.78. The lowest BCUT2D eigenvalue weighted by atomic mass is 10.1. The van der Waals surface area contributed by atoms with Gasteiger partial charge in [-0.05, 0) is 46.8 Å². The summed E-state index contributed by atoms with van der Waals surface area (Å²) >= 11 is 0. The summed E-state index contributed by atoms with van der Waals surface area (Å²) in [5, 5.41) is 3.89. The third kappa shape index (κ3) is 6.11. The van der Waals surface area contributed by atoms with Crippen molar-refractivity contribution >= 4 is 5.91 Å². The molecule has 2 aromatic rings. The Morgan fingerprint density at radius 2 is 1.73 bits per heavy atom. The summed E-state index contributed by atoms with van der Waals surface area (Å²) in [5.74, 6) is 0.622. The molecule has 1 amide bonds. The summed E-state index contributed by atoms with van der Waals surface area (Å²) in [6, 6.07) is 5.02. The Balaban J connectivity index is 1.59. The normalized spacial score (nSPS) is 17.0. The number of amides is 1. The van der Waals surface area contributed by atoms with Gasteiger partial charge in [0.1, 0.15) is 0 Å². The summed E-state index contributed by atoms with van der Waals surface area (Å²) in [7, 11) is 0. The van der Waals surface area contributed by atoms with Crippen molar-refractivity contribution in [1.29, 1.82) is 0 Å². The molecule has 1 aliphatic rings. The fourth-order valence-corrected chi connectivity index (χ4v) is 4.27. The zero-order chi connectivity index (χ0) is 24.3. The fraction of sp³-hybridized carbons (Fsp3) is 0.609. The molecule has 1 unspecified atom stereocenters. The number of nitrogens with zero attached hydrogens (tertiary/aromatic N) is 5. The molecule has 7 nitrogen and oxygen atoms in total. The maximum absolute atomic E-state index is 13.0. The minimum atomic E-state index is -4.43. The Morgan fingerprint density at radius 3 is 2.30 bits per heavy atom. The van der Waals surface area contributed by atoms with Crippen molar-refractivity contribution in [2.24, 2.45) is 0 Å². The van der Waals surface area contributed by atoms with Crippen LogP contribution in [0.4, 0.5) is 13.2 Å². The maximum Gasteiger partial charge on any atom is 0.416 e. The van der Waals surface area contributed by atoms with Crippen molar-refractivity contribution in [2.75, 3.05) is 32.7 Å². The van der Waals surface area contributed by atoms with Gasteiger partial charge >= 0.3 is 6.18 Å². The van der Waals surface area contributed by atoms with E-state index in [2.05, 4.69) is 19.9 Å². The number of carbonyl (C=O) groups is 1. The number of halogens is 3. The molecule has 0 aliphatic carbocycles. The highest BCUT2D eigenvalue weighted by atomic mass is 19.4. The molecule has 0 radical (unpaired) electrons. The summed E-state index contributed by atoms with van der Waals surface area (Å²) in [6.45, 7) is 13.3. The topological polar surface area (TPSA) is 65.7 Å². The van der Waals surface area contributed by atoms with Crippen molar-refractivity contribution in [1.82, 2.24) is 24.8 Å². The van der Waals surface area contributed by atoms with E-state index >= 15 is 0 Å². The van der Waals surface area contributed by atoms with Crippen LogP contribution in [0.5, 0.6) is 0 Å². The van der Waals surface area contributed by atoms with Gasteiger partial charge < -0.3 is 9.42 Å². The minimum Gasteiger partial charge on any atom is -0.337 e. The predicted molar refractivity (Wildman–Crippen MR) is 118 cm³/mol. The monoisotopic (exact) mass is 467 g/mol. The first-order valence-corrected chi connectivity index (χ1v) is 11.3. The molecule has 1 aliphatic heterocycles. The molecule has 1 saturated heterocycles. The van der Waals surface area contributed by atoms with Gasteiger partial charge in [-0.1, -0.05) is 17.3 Å². The second-order valence-corrected chi connectivity index (χ2v) is 9.01. The van der Waals surface area contributed by atoms with E-state index in [-0.39, 0.29) is 35.4 Å². The molecule has 1 fully saturated rings. The van der Waals surface area contributed by atoms with Gasteiger partial charge in [-0.2, -0.15) is 18.2 Å². The van der Waals surface area contributed by atoms with E-state index in [1.54, 1.807) is 0 Å². The molecule has 0 saturated carbocycles. The van der Waals surface area contributed by atoms with Crippen molar-refractivity contribution < 1.29 is 22.5 Å². The molecule has 3 rings (SSSR count). The van der Waals surface area contributed by atoms with Crippen LogP contribution in [0.25, 0.3) is 11.4 Å². The summed E-state index contributed by atoms with van der Waals surface area (Å²) < 4.78 is 44.4. The lowest BCUT2D eigenvalue weighted by molar-refractivity contribution is -0.138. The van der Waals surface area contributed by atoms with Crippen LogP contribution >= 0.6 is 0 Å². The van der Waals surface area contributed by atoms with Gasteiger partial charge in [-0.3, -0.25) is 14.6 Å². The van der Waals surface area contributed by atoms with Gasteiger partial charge in [0, 0.05) is 43.8 Å². The van der Waals surface area contributed by atoms with E-state index in [9.17, 15) is 18.0 Å². The molecule has 182 valence electrons. The first-order chi connectivity index (χ1) is 15.5. The fourth-order valence-electron chi connectivity index (χ4n) is 4.27. The van der Waals surface area contributed by atoms with Crippen LogP contribution in [0.1, 0.15) is 52.1 Å². The van der Waals surface area contributed by atoms with Gasteiger partial charge in [-0.25, -0.2) is 0 Å². The molecule has 0 bridgehead atoms. The highest BCUT2D eigenvalue weighted by Crippen LogP contribution is 2.32. The number of hydrogen-bond acceptors (Lipinski definition) is 6. The molecular formula is C23H32F3N5O2. The van der Waals surface area contributed by atoms with Crippen molar-refractivity contribution in [2.45, 2.75) is 58.9 Å². The first kappa shape index (κ1) is 25.2. The quantitative estimate of drug-likeness (QED) is 0.612. The van der Waals surface area contributed by atoms with Crippen molar-refractivity contribution in [3.63, 3.8) is 0 Å². The van der Waals surface area contributed by atoms with Crippen LogP contribution in [0.2, 0.25) is 0 Å². The first-order valence-electron chi connectivity index (χ1n) is 11.3. The van der Waals surface area contributed by atoms with Crippen LogP contribution in [0, 0.1) is 0 Å². The molecule has 10 heteroatoms. The number of carbonyl (C=O) groups excluding carboxylic acids is 1. The number of alkyl halides is 3. The van der Waals surface area contributed by atoms with Crippen LogP contribution < -0.4 is 0 Å². The molecule has 33 heavy (non-hydrogen) atoms. The van der Waals surface area contributed by atoms with Gasteiger partial charge in [-0.15, -0.1) is 0 Å². The van der Waals surface area contributed by atoms with Crippen LogP contribution in [0.15, 0.2) is 28.8 Å². The molecule has 1 atom stereocenters. The Bertz CT molecular complexity index is 928. The SMILES string of the molecule is CC(c1nc(-c2cccc(C(F)(F)F)c2)no1)N1CCN(CC(=O)N(C(C)C)C(C)C)CC1. The number of hydrogen-bond donors (Lipinski definition) is 0. The Labute approximate surface area is 192 Å². The number of aromatic nitrogens is 2. The van der Waals surface area contributed by atoms with Crippen molar-refractivity contribution in [3.05, 3.63) is 35.7 Å². The Hall–Kier alpha value is -2.46. The average Bonchev–Trinajstić information content (AvgIpc) is 3.23. The number of piperazine rings is 1. The van der Waals surface area contributed by atoms with Gasteiger partial charge in [0.15, 0.2) is 0 Å². The second kappa shape index (κ2) is 10.2. The zero-order valence-electron chi connectivity index (χ0n) is 19.8. The lowest BCUT2D eigenvalue weighted by Crippen LogP contribution is -2.52. The lowest BCUT2D eigenvalue weighted by Gasteiger charge is -2.38. The predicted octanol–water partition coefficient (Wildman–Crippen LogP) is 4.08. The smallest absolute Gasteiger partial charge is 0.337 e. The molecule has 1 aromatic carbocycles. The van der Waals surface area contributed by atoms with Crippen molar-refractivity contribution in [3.8, 4) is 11.4 Å². The Morgan fingerprint density at radius 1 is 1.09 bits per heavy atom. The maximum atomic E-state index is 13.0. The largest absolute Gasteiger partial charge is 0.416 e. The summed E-state index contributed by atoms with van der Waals surface area (Å²) in [4.78, 5) is 23.3. The van der Waals surface area contributed by atoms with Gasteiger partial charge in [0.2, 0.25) is 17.6 Å². The second-order valence-electron chi connectivity index (χ2n) is 9.01. The van der Waals surface area contributed by atoms with E-state index in [4.69, 9.17) is 4.52 Å². The van der Waals surface area contributed by atoms with Gasteiger partial charge in [0.05, 0.1) is 18.2 Å². The number of rotatable bonds is 7. The van der Waals surface area contributed by atoms with Crippen LogP contribution in [0.3, 0.4) is 0 Å². The Kier molecular flexibility index (Phi) is 7.79. The van der Waals surface area contributed by atoms with E-state index in [0.29, 0.717) is 12.4 Å².